The van der Waals surface area contributed by atoms with E-state index in [0.29, 0.717) is 11.5 Å². The highest BCUT2D eigenvalue weighted by atomic mass is 14.9. The maximum atomic E-state index is 7.97. The molecule has 0 N–H and O–H groups in total. The smallest absolute Gasteiger partial charge is 0.187 e. The third-order valence-corrected chi connectivity index (χ3v) is 11.0. The van der Waals surface area contributed by atoms with Gasteiger partial charge in [-0.25, -0.2) is 14.8 Å². The fourth-order valence-corrected chi connectivity index (χ4v) is 8.50. The van der Waals surface area contributed by atoms with Crippen molar-refractivity contribution in [3.8, 4) is 56.2 Å². The lowest BCUT2D eigenvalue weighted by Crippen LogP contribution is -2.28. The first kappa shape index (κ1) is 32.3. The molecule has 0 unspecified atom stereocenters. The molecule has 0 atom stereocenters. The fraction of sp³-hybridized carbons (Fsp3) is 0.0192. The molecule has 0 saturated carbocycles. The Morgan fingerprint density at radius 2 is 1.02 bits per heavy atom. The molecule has 1 heterocycles. The summed E-state index contributed by atoms with van der Waals surface area (Å²) in [6, 6.07) is 70.4. The molecule has 0 bridgehead atoms. The molecule has 0 amide bonds. The molecular weight excluding hydrogens is 667 g/mol. The van der Waals surface area contributed by atoms with Gasteiger partial charge in [0, 0.05) is 16.7 Å². The van der Waals surface area contributed by atoms with Crippen LogP contribution in [0.25, 0.3) is 71.8 Å². The molecule has 1 aliphatic carbocycles. The number of hydrogen-bond donors (Lipinski definition) is 0. The van der Waals surface area contributed by atoms with Crippen molar-refractivity contribution < 1.29 is 0 Å². The minimum Gasteiger partial charge on any atom is -0.238 e. The molecule has 9 aromatic rings. The van der Waals surface area contributed by atoms with Gasteiger partial charge in [0.05, 0.1) is 23.4 Å². The van der Waals surface area contributed by atoms with E-state index in [1.165, 1.54) is 27.6 Å². The van der Waals surface area contributed by atoms with E-state index in [4.69, 9.17) is 16.5 Å². The minimum absolute atomic E-state index is 0.562. The van der Waals surface area contributed by atoms with Crippen LogP contribution in [0.3, 0.4) is 0 Å². The van der Waals surface area contributed by atoms with Crippen molar-refractivity contribution in [3.63, 3.8) is 0 Å². The molecule has 10 rings (SSSR count). The molecule has 8 aromatic carbocycles. The quantitative estimate of drug-likeness (QED) is 0.162. The minimum atomic E-state index is -0.562. The zero-order valence-corrected chi connectivity index (χ0v) is 29.9. The fourth-order valence-electron chi connectivity index (χ4n) is 8.50. The van der Waals surface area contributed by atoms with Crippen LogP contribution in [0, 0.1) is 6.57 Å². The Morgan fingerprint density at radius 1 is 0.400 bits per heavy atom. The van der Waals surface area contributed by atoms with Gasteiger partial charge in [0.1, 0.15) is 0 Å². The molecule has 0 spiro atoms. The van der Waals surface area contributed by atoms with Crippen molar-refractivity contribution in [3.05, 3.63) is 234 Å². The van der Waals surface area contributed by atoms with Gasteiger partial charge in [-0.3, -0.25) is 0 Å². The summed E-state index contributed by atoms with van der Waals surface area (Å²) in [7, 11) is 0. The molecular formula is C52H33N3. The van der Waals surface area contributed by atoms with Gasteiger partial charge in [0.2, 0.25) is 0 Å². The van der Waals surface area contributed by atoms with Crippen LogP contribution in [0.15, 0.2) is 200 Å². The van der Waals surface area contributed by atoms with E-state index >= 15 is 0 Å². The first-order chi connectivity index (χ1) is 27.2. The molecule has 3 heteroatoms. The molecule has 256 valence electrons. The van der Waals surface area contributed by atoms with Gasteiger partial charge >= 0.3 is 0 Å². The van der Waals surface area contributed by atoms with Crippen LogP contribution in [-0.4, -0.2) is 9.97 Å². The van der Waals surface area contributed by atoms with E-state index in [0.717, 1.165) is 55.7 Å². The monoisotopic (exact) mass is 699 g/mol. The van der Waals surface area contributed by atoms with Crippen molar-refractivity contribution in [2.75, 3.05) is 0 Å². The third-order valence-electron chi connectivity index (χ3n) is 11.0. The molecule has 0 fully saturated rings. The highest BCUT2D eigenvalue weighted by Gasteiger charge is 2.46. The lowest BCUT2D eigenvalue weighted by Gasteiger charge is -2.34. The van der Waals surface area contributed by atoms with E-state index < -0.39 is 5.41 Å². The second-order valence-electron chi connectivity index (χ2n) is 14.0. The topological polar surface area (TPSA) is 30.1 Å². The summed E-state index contributed by atoms with van der Waals surface area (Å²) in [5.41, 5.74) is 14.0. The van der Waals surface area contributed by atoms with E-state index in [9.17, 15) is 0 Å². The number of nitrogens with zero attached hydrogens (tertiary/aromatic N) is 3. The largest absolute Gasteiger partial charge is 0.238 e. The first-order valence-electron chi connectivity index (χ1n) is 18.5. The predicted octanol–water partition coefficient (Wildman–Crippen LogP) is 13.2. The van der Waals surface area contributed by atoms with E-state index in [1.807, 2.05) is 24.3 Å². The predicted molar refractivity (Wildman–Crippen MR) is 225 cm³/mol. The molecule has 1 aromatic heterocycles. The van der Waals surface area contributed by atoms with Gasteiger partial charge in [-0.05, 0) is 79.5 Å². The van der Waals surface area contributed by atoms with Gasteiger partial charge in [0.25, 0.3) is 0 Å². The Bertz CT molecular complexity index is 2890. The Balaban J connectivity index is 1.19. The maximum Gasteiger partial charge on any atom is 0.187 e. The summed E-state index contributed by atoms with van der Waals surface area (Å²) in [5.74, 6) is 0.684. The number of aromatic nitrogens is 2. The van der Waals surface area contributed by atoms with Gasteiger partial charge < -0.3 is 0 Å². The Labute approximate surface area is 320 Å². The van der Waals surface area contributed by atoms with Gasteiger partial charge in [0.15, 0.2) is 11.5 Å². The Hall–Kier alpha value is -7.41. The average Bonchev–Trinajstić information content (AvgIpc) is 3.57. The SMILES string of the molecule is [C-]#[N+]c1ccc2c(c1)-c1c(-c3cccc(-c4cc(-c5ccccc5)nc(-c5ccc6ccccc6c5)n4)c3)cccc1C2(c1ccccc1)c1ccccc1. The van der Waals surface area contributed by atoms with Crippen LogP contribution in [0.5, 0.6) is 0 Å². The highest BCUT2D eigenvalue weighted by molar-refractivity contribution is 5.97. The van der Waals surface area contributed by atoms with E-state index in [2.05, 4.69) is 181 Å². The number of rotatable bonds is 6. The summed E-state index contributed by atoms with van der Waals surface area (Å²) >= 11 is 0. The van der Waals surface area contributed by atoms with E-state index in [1.54, 1.807) is 0 Å². The zero-order valence-electron chi connectivity index (χ0n) is 29.9. The Kier molecular flexibility index (Phi) is 7.75. The lowest BCUT2D eigenvalue weighted by molar-refractivity contribution is 0.769. The molecule has 55 heavy (non-hydrogen) atoms. The molecule has 3 nitrogen and oxygen atoms in total. The van der Waals surface area contributed by atoms with Crippen molar-refractivity contribution in [1.82, 2.24) is 9.97 Å². The van der Waals surface area contributed by atoms with Crippen LogP contribution < -0.4 is 0 Å². The second-order valence-corrected chi connectivity index (χ2v) is 14.0. The first-order valence-corrected chi connectivity index (χ1v) is 18.5. The zero-order chi connectivity index (χ0) is 36.8. The summed E-state index contributed by atoms with van der Waals surface area (Å²) in [4.78, 5) is 14.2. The Morgan fingerprint density at radius 3 is 1.75 bits per heavy atom. The van der Waals surface area contributed by atoms with Crippen LogP contribution in [0.2, 0.25) is 0 Å². The number of hydrogen-bond acceptors (Lipinski definition) is 2. The van der Waals surface area contributed by atoms with Crippen molar-refractivity contribution in [2.24, 2.45) is 0 Å². The summed E-state index contributed by atoms with van der Waals surface area (Å²) in [6.07, 6.45) is 0. The van der Waals surface area contributed by atoms with Crippen LogP contribution in [0.1, 0.15) is 22.3 Å². The van der Waals surface area contributed by atoms with Crippen molar-refractivity contribution in [1.29, 1.82) is 0 Å². The lowest BCUT2D eigenvalue weighted by atomic mass is 9.67. The van der Waals surface area contributed by atoms with Gasteiger partial charge in [-0.15, -0.1) is 0 Å². The average molecular weight is 700 g/mol. The number of fused-ring (bicyclic) bond motifs is 4. The van der Waals surface area contributed by atoms with Crippen LogP contribution >= 0.6 is 0 Å². The molecule has 0 saturated heterocycles. The third kappa shape index (κ3) is 5.35. The summed E-state index contributed by atoms with van der Waals surface area (Å²) < 4.78 is 0. The van der Waals surface area contributed by atoms with E-state index in [-0.39, 0.29) is 0 Å². The highest BCUT2D eigenvalue weighted by Crippen LogP contribution is 2.59. The number of benzene rings is 8. The standard InChI is InChI=1S/C52H33N3/c1-53-43-29-30-46-45(33-43)50-44(25-14-26-47(50)52(46,41-21-7-3-8-22-41)42-23-9-4-10-24-42)38-19-13-20-39(32-38)49-34-48(36-16-5-2-6-17-36)54-51(55-49)40-28-27-35-15-11-12-18-37(35)31-40/h2-34H. The van der Waals surface area contributed by atoms with Gasteiger partial charge in [-0.1, -0.05) is 176 Å². The second kappa shape index (κ2) is 13.2. The summed E-state index contributed by atoms with van der Waals surface area (Å²) in [5, 5.41) is 2.33. The molecule has 1 aliphatic rings. The van der Waals surface area contributed by atoms with Gasteiger partial charge in [-0.2, -0.15) is 0 Å². The van der Waals surface area contributed by atoms with Crippen LogP contribution in [0.4, 0.5) is 5.69 Å². The summed E-state index contributed by atoms with van der Waals surface area (Å²) in [6.45, 7) is 7.97. The van der Waals surface area contributed by atoms with Crippen molar-refractivity contribution in [2.45, 2.75) is 5.41 Å². The maximum absolute atomic E-state index is 7.97. The van der Waals surface area contributed by atoms with Crippen LogP contribution in [-0.2, 0) is 5.41 Å². The molecule has 0 radical (unpaired) electrons. The normalized spacial score (nSPS) is 12.5. The molecule has 0 aliphatic heterocycles. The van der Waals surface area contributed by atoms with Crippen molar-refractivity contribution >= 4 is 16.5 Å².